The SMILES string of the molecule is Cc1ccc(=O)n(CCN2CCCCC2CNC(=O)c2cc[nH]c(=O)c2)n1. The van der Waals surface area contributed by atoms with Crippen LogP contribution in [0.5, 0.6) is 0 Å². The number of aromatic nitrogens is 3. The van der Waals surface area contributed by atoms with E-state index in [4.69, 9.17) is 0 Å². The monoisotopic (exact) mass is 371 g/mol. The zero-order valence-electron chi connectivity index (χ0n) is 15.5. The summed E-state index contributed by atoms with van der Waals surface area (Å²) in [4.78, 5) is 40.3. The van der Waals surface area contributed by atoms with Crippen LogP contribution in [0, 0.1) is 6.92 Å². The van der Waals surface area contributed by atoms with Gasteiger partial charge >= 0.3 is 0 Å². The quantitative estimate of drug-likeness (QED) is 0.771. The molecule has 3 rings (SSSR count). The van der Waals surface area contributed by atoms with Crippen LogP contribution in [0.4, 0.5) is 0 Å². The lowest BCUT2D eigenvalue weighted by molar-refractivity contribution is 0.0909. The van der Waals surface area contributed by atoms with Crippen LogP contribution >= 0.6 is 0 Å². The number of nitrogens with one attached hydrogen (secondary N) is 2. The minimum absolute atomic E-state index is 0.100. The second-order valence-electron chi connectivity index (χ2n) is 6.87. The second kappa shape index (κ2) is 8.77. The Morgan fingerprint density at radius 2 is 2.11 bits per heavy atom. The lowest BCUT2D eigenvalue weighted by Gasteiger charge is -2.35. The average molecular weight is 371 g/mol. The summed E-state index contributed by atoms with van der Waals surface area (Å²) in [5, 5.41) is 7.21. The molecule has 2 aromatic rings. The molecule has 0 saturated carbocycles. The smallest absolute Gasteiger partial charge is 0.266 e. The maximum atomic E-state index is 12.3. The summed E-state index contributed by atoms with van der Waals surface area (Å²) in [6, 6.07) is 6.35. The summed E-state index contributed by atoms with van der Waals surface area (Å²) in [5.41, 5.74) is 0.779. The maximum absolute atomic E-state index is 12.3. The first kappa shape index (κ1) is 19.0. The van der Waals surface area contributed by atoms with Crippen LogP contribution < -0.4 is 16.4 Å². The largest absolute Gasteiger partial charge is 0.350 e. The summed E-state index contributed by atoms with van der Waals surface area (Å²) in [6.45, 7) is 4.55. The number of H-pyrrole nitrogens is 1. The van der Waals surface area contributed by atoms with E-state index in [-0.39, 0.29) is 23.1 Å². The zero-order chi connectivity index (χ0) is 19.2. The summed E-state index contributed by atoms with van der Waals surface area (Å²) in [6.07, 6.45) is 4.68. The number of carbonyl (C=O) groups excluding carboxylic acids is 1. The Balaban J connectivity index is 1.58. The number of likely N-dealkylation sites (tertiary alicyclic amines) is 1. The number of aromatic amines is 1. The normalized spacial score (nSPS) is 17.6. The van der Waals surface area contributed by atoms with Gasteiger partial charge in [0.15, 0.2) is 0 Å². The van der Waals surface area contributed by atoms with E-state index in [0.29, 0.717) is 25.2 Å². The van der Waals surface area contributed by atoms with Crippen LogP contribution in [-0.4, -0.2) is 51.2 Å². The number of carbonyl (C=O) groups is 1. The molecule has 0 aromatic carbocycles. The Bertz CT molecular complexity index is 904. The molecule has 2 aromatic heterocycles. The highest BCUT2D eigenvalue weighted by Crippen LogP contribution is 2.16. The molecule has 1 atom stereocenters. The average Bonchev–Trinajstić information content (AvgIpc) is 2.67. The van der Waals surface area contributed by atoms with Gasteiger partial charge in [0.05, 0.1) is 12.2 Å². The number of hydrogen-bond donors (Lipinski definition) is 2. The van der Waals surface area contributed by atoms with Gasteiger partial charge in [0.2, 0.25) is 5.56 Å². The van der Waals surface area contributed by atoms with Crippen molar-refractivity contribution in [2.24, 2.45) is 0 Å². The molecular formula is C19H25N5O3. The van der Waals surface area contributed by atoms with E-state index >= 15 is 0 Å². The van der Waals surface area contributed by atoms with Crippen molar-refractivity contribution in [1.29, 1.82) is 0 Å². The molecule has 0 spiro atoms. The standard InChI is InChI=1S/C19H25N5O3/c1-14-5-6-18(26)24(22-14)11-10-23-9-3-2-4-16(23)13-21-19(27)15-7-8-20-17(25)12-15/h5-8,12,16H,2-4,9-11,13H2,1H3,(H,20,25)(H,21,27). The Labute approximate surface area is 157 Å². The third-order valence-electron chi connectivity index (χ3n) is 4.88. The van der Waals surface area contributed by atoms with Crippen molar-refractivity contribution in [3.63, 3.8) is 0 Å². The number of hydrogen-bond acceptors (Lipinski definition) is 5. The van der Waals surface area contributed by atoms with Gasteiger partial charge in [-0.15, -0.1) is 0 Å². The highest BCUT2D eigenvalue weighted by atomic mass is 16.2. The van der Waals surface area contributed by atoms with E-state index in [1.165, 1.54) is 23.0 Å². The fourth-order valence-electron chi connectivity index (χ4n) is 3.42. The van der Waals surface area contributed by atoms with E-state index in [9.17, 15) is 14.4 Å². The lowest BCUT2D eigenvalue weighted by atomic mass is 10.0. The van der Waals surface area contributed by atoms with Gasteiger partial charge in [0, 0.05) is 43.0 Å². The Morgan fingerprint density at radius 1 is 1.26 bits per heavy atom. The van der Waals surface area contributed by atoms with Crippen molar-refractivity contribution in [3.05, 3.63) is 62.4 Å². The van der Waals surface area contributed by atoms with Crippen molar-refractivity contribution in [3.8, 4) is 0 Å². The van der Waals surface area contributed by atoms with Gasteiger partial charge in [0.1, 0.15) is 0 Å². The van der Waals surface area contributed by atoms with Gasteiger partial charge < -0.3 is 10.3 Å². The molecule has 1 saturated heterocycles. The van der Waals surface area contributed by atoms with Gasteiger partial charge in [-0.05, 0) is 38.4 Å². The van der Waals surface area contributed by atoms with E-state index in [1.807, 2.05) is 6.92 Å². The van der Waals surface area contributed by atoms with E-state index in [1.54, 1.807) is 12.1 Å². The van der Waals surface area contributed by atoms with Crippen LogP contribution in [0.15, 0.2) is 40.1 Å². The van der Waals surface area contributed by atoms with Gasteiger partial charge in [-0.2, -0.15) is 5.10 Å². The van der Waals surface area contributed by atoms with Gasteiger partial charge in [0.25, 0.3) is 11.5 Å². The molecule has 8 heteroatoms. The zero-order valence-corrected chi connectivity index (χ0v) is 15.5. The van der Waals surface area contributed by atoms with Crippen LogP contribution in [0.1, 0.15) is 35.3 Å². The molecule has 1 amide bonds. The lowest BCUT2D eigenvalue weighted by Crippen LogP contribution is -2.48. The Hall–Kier alpha value is -2.74. The van der Waals surface area contributed by atoms with Crippen molar-refractivity contribution < 1.29 is 4.79 Å². The predicted molar refractivity (Wildman–Crippen MR) is 102 cm³/mol. The molecule has 3 heterocycles. The molecule has 0 aliphatic carbocycles. The topological polar surface area (TPSA) is 100 Å². The third-order valence-corrected chi connectivity index (χ3v) is 4.88. The van der Waals surface area contributed by atoms with E-state index < -0.39 is 0 Å². The van der Waals surface area contributed by atoms with Crippen LogP contribution in [0.3, 0.4) is 0 Å². The molecule has 1 unspecified atom stereocenters. The highest BCUT2D eigenvalue weighted by Gasteiger charge is 2.23. The minimum Gasteiger partial charge on any atom is -0.350 e. The fraction of sp³-hybridized carbons (Fsp3) is 0.474. The molecule has 1 aliphatic rings. The molecule has 8 nitrogen and oxygen atoms in total. The van der Waals surface area contributed by atoms with Gasteiger partial charge in [-0.25, -0.2) is 4.68 Å². The summed E-state index contributed by atoms with van der Waals surface area (Å²) in [7, 11) is 0. The molecule has 144 valence electrons. The number of amides is 1. The van der Waals surface area contributed by atoms with Crippen LogP contribution in [0.2, 0.25) is 0 Å². The van der Waals surface area contributed by atoms with Crippen molar-refractivity contribution >= 4 is 5.91 Å². The number of pyridine rings is 1. The first-order chi connectivity index (χ1) is 13.0. The number of piperidine rings is 1. The van der Waals surface area contributed by atoms with Crippen molar-refractivity contribution in [1.82, 2.24) is 25.0 Å². The number of nitrogens with zero attached hydrogens (tertiary/aromatic N) is 3. The Kier molecular flexibility index (Phi) is 6.18. The van der Waals surface area contributed by atoms with Crippen LogP contribution in [-0.2, 0) is 6.54 Å². The van der Waals surface area contributed by atoms with Crippen molar-refractivity contribution in [2.45, 2.75) is 38.8 Å². The molecule has 27 heavy (non-hydrogen) atoms. The number of rotatable bonds is 6. The second-order valence-corrected chi connectivity index (χ2v) is 6.87. The van der Waals surface area contributed by atoms with Gasteiger partial charge in [-0.3, -0.25) is 19.3 Å². The first-order valence-electron chi connectivity index (χ1n) is 9.29. The molecule has 0 radical (unpaired) electrons. The Morgan fingerprint density at radius 3 is 2.93 bits per heavy atom. The summed E-state index contributed by atoms with van der Waals surface area (Å²) in [5.74, 6) is -0.247. The highest BCUT2D eigenvalue weighted by molar-refractivity contribution is 5.93. The van der Waals surface area contributed by atoms with Crippen LogP contribution in [0.25, 0.3) is 0 Å². The molecular weight excluding hydrogens is 346 g/mol. The molecule has 1 aliphatic heterocycles. The number of aryl methyl sites for hydroxylation is 1. The molecule has 1 fully saturated rings. The van der Waals surface area contributed by atoms with E-state index in [2.05, 4.69) is 20.3 Å². The first-order valence-corrected chi connectivity index (χ1v) is 9.29. The summed E-state index contributed by atoms with van der Waals surface area (Å²) >= 11 is 0. The molecule has 0 bridgehead atoms. The van der Waals surface area contributed by atoms with Crippen molar-refractivity contribution in [2.75, 3.05) is 19.6 Å². The van der Waals surface area contributed by atoms with E-state index in [0.717, 1.165) is 31.5 Å². The third kappa shape index (κ3) is 5.13. The molecule has 2 N–H and O–H groups in total. The minimum atomic E-state index is -0.293. The maximum Gasteiger partial charge on any atom is 0.266 e. The van der Waals surface area contributed by atoms with Gasteiger partial charge in [-0.1, -0.05) is 6.42 Å². The predicted octanol–water partition coefficient (Wildman–Crippen LogP) is 0.525. The fourth-order valence-corrected chi connectivity index (χ4v) is 3.42. The summed E-state index contributed by atoms with van der Waals surface area (Å²) < 4.78 is 1.50.